The molecule has 0 saturated carbocycles. The minimum Gasteiger partial charge on any atom is -0.289 e. The predicted molar refractivity (Wildman–Crippen MR) is 229 cm³/mol. The van der Waals surface area contributed by atoms with Crippen LogP contribution in [0.5, 0.6) is 0 Å². The minimum atomic E-state index is -0.250. The maximum atomic E-state index is 14.2. The first-order chi connectivity index (χ1) is 26.8. The summed E-state index contributed by atoms with van der Waals surface area (Å²) in [5.41, 5.74) is 9.06. The van der Waals surface area contributed by atoms with Crippen molar-refractivity contribution in [1.29, 1.82) is 5.26 Å². The molecule has 0 unspecified atom stereocenters. The van der Waals surface area contributed by atoms with Gasteiger partial charge in [0.1, 0.15) is 5.82 Å². The number of carbonyl (C=O) groups is 1. The van der Waals surface area contributed by atoms with Crippen LogP contribution in [0.25, 0.3) is 21.5 Å². The van der Waals surface area contributed by atoms with E-state index in [0.717, 1.165) is 33.6 Å². The summed E-state index contributed by atoms with van der Waals surface area (Å²) in [5, 5.41) is 10.9. The van der Waals surface area contributed by atoms with Gasteiger partial charge in [0.15, 0.2) is 17.4 Å². The number of nitriles is 1. The zero-order valence-electron chi connectivity index (χ0n) is 32.7. The van der Waals surface area contributed by atoms with Crippen LogP contribution in [0.1, 0.15) is 117 Å². The van der Waals surface area contributed by atoms with Crippen LogP contribution >= 0.6 is 23.2 Å². The number of allylic oxidation sites excluding steroid dienone is 5. The Balaban J connectivity index is 1.68. The molecule has 5 aromatic rings. The summed E-state index contributed by atoms with van der Waals surface area (Å²) < 4.78 is 0. The van der Waals surface area contributed by atoms with Crippen molar-refractivity contribution < 1.29 is 4.79 Å². The Hall–Kier alpha value is -5.73. The number of para-hydroxylation sites is 2. The summed E-state index contributed by atoms with van der Waals surface area (Å²) >= 11 is 13.2. The van der Waals surface area contributed by atoms with Crippen LogP contribution in [0.4, 0.5) is 23.0 Å². The van der Waals surface area contributed by atoms with Crippen molar-refractivity contribution in [2.24, 2.45) is 0 Å². The number of carbonyl (C=O) groups excluding carboxylic acids is 1. The Morgan fingerprint density at radius 2 is 1.12 bits per heavy atom. The van der Waals surface area contributed by atoms with E-state index < -0.39 is 0 Å². The van der Waals surface area contributed by atoms with Crippen molar-refractivity contribution in [2.75, 3.05) is 9.80 Å². The second kappa shape index (κ2) is 15.1. The van der Waals surface area contributed by atoms with Crippen molar-refractivity contribution in [3.63, 3.8) is 0 Å². The fourth-order valence-corrected chi connectivity index (χ4v) is 8.11. The third-order valence-electron chi connectivity index (χ3n) is 10.5. The first kappa shape index (κ1) is 38.5. The van der Waals surface area contributed by atoms with E-state index in [2.05, 4.69) is 113 Å². The maximum Gasteiger partial charge on any atom is 0.270 e. The van der Waals surface area contributed by atoms with Crippen molar-refractivity contribution >= 4 is 68.6 Å². The number of benzene rings is 4. The van der Waals surface area contributed by atoms with Crippen molar-refractivity contribution in [3.8, 4) is 6.07 Å². The summed E-state index contributed by atoms with van der Waals surface area (Å²) in [6, 6.07) is 25.5. The zero-order valence-corrected chi connectivity index (χ0v) is 34.3. The van der Waals surface area contributed by atoms with E-state index >= 15 is 0 Å². The molecule has 0 radical (unpaired) electrons. The van der Waals surface area contributed by atoms with Gasteiger partial charge in [-0.15, -0.1) is 0 Å². The molecule has 280 valence electrons. The number of Topliss-reactive ketones (excluding diaryl/α,β-unsaturated/α-hetero) is 1. The highest BCUT2D eigenvalue weighted by atomic mass is 35.5. The summed E-state index contributed by atoms with van der Waals surface area (Å²) in [7, 11) is 0. The van der Waals surface area contributed by atoms with Crippen LogP contribution in [0.3, 0.4) is 0 Å². The number of fused-ring (bicyclic) bond motifs is 3. The first-order valence-electron chi connectivity index (χ1n) is 18.9. The molecule has 1 aliphatic carbocycles. The van der Waals surface area contributed by atoms with Crippen LogP contribution < -0.4 is 9.80 Å². The van der Waals surface area contributed by atoms with Gasteiger partial charge < -0.3 is 0 Å². The second-order valence-corrected chi connectivity index (χ2v) is 16.2. The fraction of sp³-hybridized carbons (Fsp3) is 0.255. The molecule has 4 aromatic carbocycles. The molecule has 1 aliphatic heterocycles. The predicted octanol–water partition coefficient (Wildman–Crippen LogP) is 13.5. The van der Waals surface area contributed by atoms with Crippen LogP contribution in [0.15, 0.2) is 102 Å². The van der Waals surface area contributed by atoms with Gasteiger partial charge in [0.25, 0.3) is 5.70 Å². The number of ketones is 1. The highest BCUT2D eigenvalue weighted by Gasteiger charge is 2.41. The Bertz CT molecular complexity index is 2450. The molecule has 2 heterocycles. The summed E-state index contributed by atoms with van der Waals surface area (Å²) in [4.78, 5) is 32.8. The highest BCUT2D eigenvalue weighted by Crippen LogP contribution is 2.54. The van der Waals surface area contributed by atoms with E-state index in [1.807, 2.05) is 12.1 Å². The summed E-state index contributed by atoms with van der Waals surface area (Å²) in [6.45, 7) is 25.3. The molecule has 0 fully saturated rings. The summed E-state index contributed by atoms with van der Waals surface area (Å²) in [6.07, 6.45) is 3.68. The lowest BCUT2D eigenvalue weighted by Crippen LogP contribution is -2.26. The molecule has 56 heavy (non-hydrogen) atoms. The molecule has 7 nitrogen and oxygen atoms in total. The Labute approximate surface area is 339 Å². The fourth-order valence-electron chi connectivity index (χ4n) is 7.79. The van der Waals surface area contributed by atoms with Gasteiger partial charge in [0, 0.05) is 16.7 Å². The molecule has 1 aromatic heterocycles. The monoisotopic (exact) mass is 776 g/mol. The molecule has 0 amide bonds. The van der Waals surface area contributed by atoms with Crippen LogP contribution in [0.2, 0.25) is 10.0 Å². The van der Waals surface area contributed by atoms with Gasteiger partial charge in [0.05, 0.1) is 45.1 Å². The van der Waals surface area contributed by atoms with Gasteiger partial charge >= 0.3 is 0 Å². The van der Waals surface area contributed by atoms with Gasteiger partial charge in [-0.05, 0) is 75.8 Å². The highest BCUT2D eigenvalue weighted by molar-refractivity contribution is 6.42. The standard InChI is InChI=1S/C47H42Cl2N6O/c1-25(2)29-16-12-17-30(26(3)4)43(29)54-41(21-20-35-42(40(24-50)51-9)33-14-10-11-15-34(33)45(35)56)55(44-31(27(5)6)18-13-19-32(44)28(7)8)47-46(54)52-38-22-36(48)37(49)23-39(38)53-47/h10-23,25-28H,1-8H3/b35-20-,42-40-. The van der Waals surface area contributed by atoms with E-state index in [0.29, 0.717) is 55.2 Å². The van der Waals surface area contributed by atoms with E-state index in [1.165, 1.54) is 0 Å². The van der Waals surface area contributed by atoms with Gasteiger partial charge in [0.2, 0.25) is 0 Å². The molecule has 0 N–H and O–H groups in total. The lowest BCUT2D eigenvalue weighted by molar-refractivity contribution is 0.104. The molecule has 9 heteroatoms. The van der Waals surface area contributed by atoms with Crippen molar-refractivity contribution in [1.82, 2.24) is 9.97 Å². The smallest absolute Gasteiger partial charge is 0.270 e. The quantitative estimate of drug-likeness (QED) is 0.0930. The molecular formula is C47H42Cl2N6O. The van der Waals surface area contributed by atoms with Crippen molar-refractivity contribution in [2.45, 2.75) is 79.1 Å². The molecule has 0 saturated heterocycles. The lowest BCUT2D eigenvalue weighted by atomic mass is 9.91. The molecule has 2 aliphatic rings. The lowest BCUT2D eigenvalue weighted by Gasteiger charge is -2.32. The average Bonchev–Trinajstić information content (AvgIpc) is 3.63. The molecule has 0 atom stereocenters. The number of hydrogen-bond donors (Lipinski definition) is 0. The van der Waals surface area contributed by atoms with Gasteiger partial charge in [-0.25, -0.2) is 20.1 Å². The number of halogens is 2. The van der Waals surface area contributed by atoms with Gasteiger partial charge in [-0.2, -0.15) is 0 Å². The SMILES string of the molecule is [C-]#[N+]/C(C#N)=C1\C(=C\C=C2N(c3c(C(C)C)cccc3C(C)C)c3nc4cc(Cl)c(Cl)cc4nc3N2c2c(C(C)C)cccc2C(C)C)C(=O)c2ccccc21. The van der Waals surface area contributed by atoms with E-state index in [1.54, 1.807) is 36.4 Å². The molecule has 0 spiro atoms. The van der Waals surface area contributed by atoms with E-state index in [9.17, 15) is 10.1 Å². The minimum absolute atomic E-state index is 0.133. The summed E-state index contributed by atoms with van der Waals surface area (Å²) in [5.74, 6) is 2.17. The van der Waals surface area contributed by atoms with Crippen LogP contribution in [-0.4, -0.2) is 15.8 Å². The largest absolute Gasteiger partial charge is 0.289 e. The van der Waals surface area contributed by atoms with Crippen LogP contribution in [-0.2, 0) is 0 Å². The number of rotatable bonds is 7. The van der Waals surface area contributed by atoms with E-state index in [-0.39, 0.29) is 40.7 Å². The molecular weight excluding hydrogens is 735 g/mol. The Morgan fingerprint density at radius 3 is 1.52 bits per heavy atom. The Kier molecular flexibility index (Phi) is 10.4. The average molecular weight is 778 g/mol. The molecule has 0 bridgehead atoms. The van der Waals surface area contributed by atoms with Crippen LogP contribution in [0, 0.1) is 17.9 Å². The first-order valence-corrected chi connectivity index (χ1v) is 19.6. The number of nitrogens with zero attached hydrogens (tertiary/aromatic N) is 6. The third-order valence-corrected chi connectivity index (χ3v) is 11.2. The number of hydrogen-bond acceptors (Lipinski definition) is 6. The third kappa shape index (κ3) is 6.36. The normalized spacial score (nSPS) is 15.4. The zero-order chi connectivity index (χ0) is 40.2. The Morgan fingerprint density at radius 1 is 0.696 bits per heavy atom. The number of anilines is 4. The van der Waals surface area contributed by atoms with Crippen molar-refractivity contribution in [3.05, 3.63) is 157 Å². The van der Waals surface area contributed by atoms with Gasteiger partial charge in [-0.1, -0.05) is 139 Å². The number of aromatic nitrogens is 2. The second-order valence-electron chi connectivity index (χ2n) is 15.4. The van der Waals surface area contributed by atoms with E-state index in [4.69, 9.17) is 39.7 Å². The maximum absolute atomic E-state index is 14.2. The van der Waals surface area contributed by atoms with Gasteiger partial charge in [-0.3, -0.25) is 14.6 Å². The topological polar surface area (TPSA) is 77.5 Å². The molecule has 7 rings (SSSR count).